The van der Waals surface area contributed by atoms with E-state index in [9.17, 15) is 9.59 Å². The summed E-state index contributed by atoms with van der Waals surface area (Å²) < 4.78 is 5.15. The third kappa shape index (κ3) is 5.47. The molecule has 1 fully saturated rings. The molecule has 0 aliphatic heterocycles. The van der Waals surface area contributed by atoms with Gasteiger partial charge in [0.05, 0.1) is 23.9 Å². The van der Waals surface area contributed by atoms with Crippen LogP contribution in [0, 0.1) is 18.3 Å². The van der Waals surface area contributed by atoms with Gasteiger partial charge in [-0.05, 0) is 50.0 Å². The molecule has 0 bridgehead atoms. The quantitative estimate of drug-likeness (QED) is 0.667. The van der Waals surface area contributed by atoms with E-state index in [1.807, 2.05) is 5.38 Å². The van der Waals surface area contributed by atoms with E-state index in [0.29, 0.717) is 27.6 Å². The van der Waals surface area contributed by atoms with Crippen molar-refractivity contribution in [2.45, 2.75) is 72.3 Å². The van der Waals surface area contributed by atoms with Gasteiger partial charge in [-0.2, -0.15) is 0 Å². The van der Waals surface area contributed by atoms with Crippen molar-refractivity contribution in [2.75, 3.05) is 5.32 Å². The molecule has 2 amide bonds. The smallest absolute Gasteiger partial charge is 0.260 e. The molecule has 0 atom stereocenters. The molecule has 0 unspecified atom stereocenters. The van der Waals surface area contributed by atoms with Gasteiger partial charge < -0.3 is 9.73 Å². The average Bonchev–Trinajstić information content (AvgIpc) is 3.30. The standard InChI is InChI=1S/C22H31N3O3S/c1-5-22(3,4)15-6-8-16(9-7-15)23-19(26)12-17-13-29-21(24-17)25-20(27)18-10-11-28-14(18)2/h10-11,13,15-16H,5-9,12H2,1-4H3,(H,23,26)(H,24,25,27). The number of carbonyl (C=O) groups excluding carboxylic acids is 2. The van der Waals surface area contributed by atoms with Crippen LogP contribution in [0.2, 0.25) is 0 Å². The van der Waals surface area contributed by atoms with Crippen molar-refractivity contribution in [3.63, 3.8) is 0 Å². The summed E-state index contributed by atoms with van der Waals surface area (Å²) in [7, 11) is 0. The summed E-state index contributed by atoms with van der Waals surface area (Å²) >= 11 is 1.32. The Balaban J connectivity index is 1.46. The van der Waals surface area contributed by atoms with Crippen LogP contribution < -0.4 is 10.6 Å². The zero-order valence-corrected chi connectivity index (χ0v) is 18.5. The Morgan fingerprint density at radius 2 is 2.00 bits per heavy atom. The van der Waals surface area contributed by atoms with Crippen LogP contribution in [0.15, 0.2) is 22.1 Å². The van der Waals surface area contributed by atoms with Crippen molar-refractivity contribution < 1.29 is 14.0 Å². The van der Waals surface area contributed by atoms with Crippen molar-refractivity contribution in [3.05, 3.63) is 34.7 Å². The molecular weight excluding hydrogens is 386 g/mol. The van der Waals surface area contributed by atoms with Gasteiger partial charge in [-0.3, -0.25) is 14.9 Å². The average molecular weight is 418 g/mol. The number of carbonyl (C=O) groups is 2. The van der Waals surface area contributed by atoms with Crippen LogP contribution in [0.5, 0.6) is 0 Å². The second kappa shape index (κ2) is 9.11. The predicted octanol–water partition coefficient (Wildman–Crippen LogP) is 4.95. The molecule has 7 heteroatoms. The van der Waals surface area contributed by atoms with Crippen LogP contribution in [0.4, 0.5) is 5.13 Å². The lowest BCUT2D eigenvalue weighted by molar-refractivity contribution is -0.121. The Kier molecular flexibility index (Phi) is 6.77. The molecule has 2 aromatic heterocycles. The molecule has 1 saturated carbocycles. The highest BCUT2D eigenvalue weighted by atomic mass is 32.1. The van der Waals surface area contributed by atoms with E-state index >= 15 is 0 Å². The lowest BCUT2D eigenvalue weighted by Crippen LogP contribution is -2.40. The normalized spacial score (nSPS) is 19.7. The van der Waals surface area contributed by atoms with Crippen molar-refractivity contribution >= 4 is 28.3 Å². The largest absolute Gasteiger partial charge is 0.469 e. The number of nitrogens with one attached hydrogen (secondary N) is 2. The van der Waals surface area contributed by atoms with Crippen LogP contribution in [-0.2, 0) is 11.2 Å². The summed E-state index contributed by atoms with van der Waals surface area (Å²) in [5, 5.41) is 8.23. The minimum absolute atomic E-state index is 0.00272. The molecule has 1 aliphatic carbocycles. The summed E-state index contributed by atoms with van der Waals surface area (Å²) in [4.78, 5) is 29.0. The SMILES string of the molecule is CCC(C)(C)C1CCC(NC(=O)Cc2csc(NC(=O)c3ccoc3C)n2)CC1. The Bertz CT molecular complexity index is 847. The summed E-state index contributed by atoms with van der Waals surface area (Å²) in [6.45, 7) is 8.70. The molecule has 2 heterocycles. The number of hydrogen-bond acceptors (Lipinski definition) is 5. The van der Waals surface area contributed by atoms with Crippen molar-refractivity contribution in [1.82, 2.24) is 10.3 Å². The van der Waals surface area contributed by atoms with E-state index in [-0.39, 0.29) is 24.3 Å². The number of nitrogens with zero attached hydrogens (tertiary/aromatic N) is 1. The van der Waals surface area contributed by atoms with Gasteiger partial charge in [-0.15, -0.1) is 11.3 Å². The van der Waals surface area contributed by atoms with E-state index in [4.69, 9.17) is 4.42 Å². The molecule has 158 valence electrons. The Hall–Kier alpha value is -2.15. The molecule has 0 aromatic carbocycles. The zero-order valence-electron chi connectivity index (χ0n) is 17.7. The Morgan fingerprint density at radius 3 is 2.62 bits per heavy atom. The van der Waals surface area contributed by atoms with Crippen LogP contribution in [0.1, 0.15) is 74.7 Å². The minimum atomic E-state index is -0.256. The third-order valence-electron chi connectivity index (χ3n) is 6.33. The highest BCUT2D eigenvalue weighted by Gasteiger charge is 2.32. The maximum absolute atomic E-state index is 12.4. The minimum Gasteiger partial charge on any atom is -0.469 e. The fourth-order valence-corrected chi connectivity index (χ4v) is 4.69. The first-order valence-electron chi connectivity index (χ1n) is 10.4. The molecule has 6 nitrogen and oxygen atoms in total. The Labute approximate surface area is 176 Å². The van der Waals surface area contributed by atoms with Crippen molar-refractivity contribution in [1.29, 1.82) is 0 Å². The van der Waals surface area contributed by atoms with E-state index in [2.05, 4.69) is 36.4 Å². The first kappa shape index (κ1) is 21.6. The van der Waals surface area contributed by atoms with E-state index in [1.54, 1.807) is 13.0 Å². The van der Waals surface area contributed by atoms with Crippen molar-refractivity contribution in [2.24, 2.45) is 11.3 Å². The summed E-state index contributed by atoms with van der Waals surface area (Å²) in [6, 6.07) is 1.89. The first-order valence-corrected chi connectivity index (χ1v) is 11.3. The van der Waals surface area contributed by atoms with Crippen LogP contribution in [0.25, 0.3) is 0 Å². The predicted molar refractivity (Wildman–Crippen MR) is 115 cm³/mol. The van der Waals surface area contributed by atoms with Crippen LogP contribution in [0.3, 0.4) is 0 Å². The van der Waals surface area contributed by atoms with Crippen molar-refractivity contribution in [3.8, 4) is 0 Å². The first-order chi connectivity index (χ1) is 13.8. The van der Waals surface area contributed by atoms with Gasteiger partial charge in [0.1, 0.15) is 5.76 Å². The molecule has 1 aliphatic rings. The second-order valence-corrected chi connectivity index (χ2v) is 9.48. The molecule has 3 rings (SSSR count). The number of furan rings is 1. The van der Waals surface area contributed by atoms with E-state index in [1.165, 1.54) is 36.9 Å². The lowest BCUT2D eigenvalue weighted by Gasteiger charge is -2.39. The summed E-state index contributed by atoms with van der Waals surface area (Å²) in [5.41, 5.74) is 1.54. The number of thiazole rings is 1. The number of hydrogen-bond donors (Lipinski definition) is 2. The summed E-state index contributed by atoms with van der Waals surface area (Å²) in [6.07, 6.45) is 7.34. The van der Waals surface area contributed by atoms with Crippen LogP contribution in [-0.4, -0.2) is 22.8 Å². The van der Waals surface area contributed by atoms with Gasteiger partial charge in [0.2, 0.25) is 5.91 Å². The molecule has 2 N–H and O–H groups in total. The monoisotopic (exact) mass is 417 g/mol. The molecule has 0 saturated heterocycles. The Morgan fingerprint density at radius 1 is 1.28 bits per heavy atom. The molecule has 29 heavy (non-hydrogen) atoms. The fourth-order valence-electron chi connectivity index (χ4n) is 3.98. The number of aryl methyl sites for hydroxylation is 1. The zero-order chi connectivity index (χ0) is 21.0. The molecule has 2 aromatic rings. The molecule has 0 spiro atoms. The van der Waals surface area contributed by atoms with Gasteiger partial charge in [0.15, 0.2) is 5.13 Å². The molecule has 0 radical (unpaired) electrons. The number of amides is 2. The summed E-state index contributed by atoms with van der Waals surface area (Å²) in [5.74, 6) is 1.05. The second-order valence-electron chi connectivity index (χ2n) is 8.62. The van der Waals surface area contributed by atoms with Gasteiger partial charge in [0.25, 0.3) is 5.91 Å². The van der Waals surface area contributed by atoms with Crippen LogP contribution >= 0.6 is 11.3 Å². The lowest BCUT2D eigenvalue weighted by atomic mass is 9.69. The topological polar surface area (TPSA) is 84.2 Å². The van der Waals surface area contributed by atoms with Gasteiger partial charge in [0, 0.05) is 11.4 Å². The fraction of sp³-hybridized carbons (Fsp3) is 0.591. The maximum Gasteiger partial charge on any atom is 0.260 e. The van der Waals surface area contributed by atoms with E-state index < -0.39 is 0 Å². The number of rotatable bonds is 7. The van der Waals surface area contributed by atoms with Gasteiger partial charge in [-0.1, -0.05) is 27.2 Å². The third-order valence-corrected chi connectivity index (χ3v) is 7.13. The highest BCUT2D eigenvalue weighted by Crippen LogP contribution is 2.40. The maximum atomic E-state index is 12.4. The number of anilines is 1. The van der Waals surface area contributed by atoms with Gasteiger partial charge >= 0.3 is 0 Å². The number of aromatic nitrogens is 1. The van der Waals surface area contributed by atoms with Gasteiger partial charge in [-0.25, -0.2) is 4.98 Å². The van der Waals surface area contributed by atoms with E-state index in [0.717, 1.165) is 18.8 Å². The highest BCUT2D eigenvalue weighted by molar-refractivity contribution is 7.14. The molecular formula is C22H31N3O3S.